The average molecular weight is 221 g/mol. The third-order valence-corrected chi connectivity index (χ3v) is 3.20. The van der Waals surface area contributed by atoms with Gasteiger partial charge in [-0.2, -0.15) is 0 Å². The van der Waals surface area contributed by atoms with Gasteiger partial charge in [-0.3, -0.25) is 0 Å². The molecule has 0 heterocycles. The van der Waals surface area contributed by atoms with Crippen LogP contribution in [0.5, 0.6) is 0 Å². The lowest BCUT2D eigenvalue weighted by Crippen LogP contribution is -2.24. The number of hydrogen-bond acceptors (Lipinski definition) is 1. The van der Waals surface area contributed by atoms with Gasteiger partial charge in [0.25, 0.3) is 0 Å². The highest BCUT2D eigenvalue weighted by Gasteiger charge is 2.33. The first-order chi connectivity index (χ1) is 7.72. The van der Waals surface area contributed by atoms with Crippen LogP contribution in [0.15, 0.2) is 18.2 Å². The van der Waals surface area contributed by atoms with Crippen molar-refractivity contribution in [2.24, 2.45) is 5.92 Å². The monoisotopic (exact) mass is 221 g/mol. The van der Waals surface area contributed by atoms with E-state index in [0.29, 0.717) is 5.92 Å². The van der Waals surface area contributed by atoms with Gasteiger partial charge in [0.05, 0.1) is 0 Å². The standard InChI is InChI=1S/C14H20FN/c1-3-8-16-14(11-5-6-11)12-7-4-10(2)9-13(12)15/h4,7,9,11,14,16H,3,5-6,8H2,1-2H3. The lowest BCUT2D eigenvalue weighted by atomic mass is 10.00. The Kier molecular flexibility index (Phi) is 3.59. The van der Waals surface area contributed by atoms with Gasteiger partial charge in [-0.15, -0.1) is 0 Å². The first-order valence-electron chi connectivity index (χ1n) is 6.21. The fourth-order valence-electron chi connectivity index (χ4n) is 2.14. The number of benzene rings is 1. The molecule has 0 bridgehead atoms. The summed E-state index contributed by atoms with van der Waals surface area (Å²) in [6, 6.07) is 5.80. The van der Waals surface area contributed by atoms with Crippen LogP contribution in [-0.4, -0.2) is 6.54 Å². The van der Waals surface area contributed by atoms with Gasteiger partial charge in [-0.1, -0.05) is 19.1 Å². The van der Waals surface area contributed by atoms with Crippen LogP contribution < -0.4 is 5.32 Å². The summed E-state index contributed by atoms with van der Waals surface area (Å²) in [6.45, 7) is 5.04. The van der Waals surface area contributed by atoms with Crippen LogP contribution in [0.2, 0.25) is 0 Å². The molecule has 1 saturated carbocycles. The van der Waals surface area contributed by atoms with E-state index < -0.39 is 0 Å². The number of rotatable bonds is 5. The SMILES string of the molecule is CCCNC(c1ccc(C)cc1F)C1CC1. The summed E-state index contributed by atoms with van der Waals surface area (Å²) in [5.74, 6) is 0.587. The van der Waals surface area contributed by atoms with Gasteiger partial charge >= 0.3 is 0 Å². The first-order valence-corrected chi connectivity index (χ1v) is 6.21. The number of hydrogen-bond donors (Lipinski definition) is 1. The van der Waals surface area contributed by atoms with Gasteiger partial charge in [-0.05, 0) is 50.3 Å². The second-order valence-electron chi connectivity index (χ2n) is 4.79. The van der Waals surface area contributed by atoms with Crippen LogP contribution >= 0.6 is 0 Å². The van der Waals surface area contributed by atoms with E-state index in [1.807, 2.05) is 19.1 Å². The topological polar surface area (TPSA) is 12.0 Å². The Hall–Kier alpha value is -0.890. The van der Waals surface area contributed by atoms with Gasteiger partial charge in [-0.25, -0.2) is 4.39 Å². The molecular weight excluding hydrogens is 201 g/mol. The van der Waals surface area contributed by atoms with Crippen molar-refractivity contribution in [2.45, 2.75) is 39.2 Å². The highest BCUT2D eigenvalue weighted by atomic mass is 19.1. The molecule has 16 heavy (non-hydrogen) atoms. The van der Waals surface area contributed by atoms with Crippen molar-refractivity contribution in [3.05, 3.63) is 35.1 Å². The molecule has 88 valence electrons. The summed E-state index contributed by atoms with van der Waals surface area (Å²) < 4.78 is 13.9. The molecule has 1 aliphatic rings. The molecule has 0 amide bonds. The Balaban J connectivity index is 2.17. The normalized spacial score (nSPS) is 17.4. The minimum Gasteiger partial charge on any atom is -0.310 e. The van der Waals surface area contributed by atoms with Crippen LogP contribution in [-0.2, 0) is 0 Å². The molecular formula is C14H20FN. The van der Waals surface area contributed by atoms with Crippen molar-refractivity contribution in [3.63, 3.8) is 0 Å². The summed E-state index contributed by atoms with van der Waals surface area (Å²) in [4.78, 5) is 0. The molecule has 1 aliphatic carbocycles. The van der Waals surface area contributed by atoms with Crippen LogP contribution in [0.3, 0.4) is 0 Å². The largest absolute Gasteiger partial charge is 0.310 e. The summed E-state index contributed by atoms with van der Waals surface area (Å²) >= 11 is 0. The van der Waals surface area contributed by atoms with E-state index in [2.05, 4.69) is 12.2 Å². The fourth-order valence-corrected chi connectivity index (χ4v) is 2.14. The van der Waals surface area contributed by atoms with Crippen LogP contribution in [0.1, 0.15) is 43.4 Å². The Morgan fingerprint density at radius 3 is 2.75 bits per heavy atom. The van der Waals surface area contributed by atoms with Crippen molar-refractivity contribution in [2.75, 3.05) is 6.54 Å². The maximum atomic E-state index is 13.9. The fraction of sp³-hybridized carbons (Fsp3) is 0.571. The third-order valence-electron chi connectivity index (χ3n) is 3.20. The molecule has 1 aromatic rings. The van der Waals surface area contributed by atoms with Crippen LogP contribution in [0.4, 0.5) is 4.39 Å². The van der Waals surface area contributed by atoms with Crippen molar-refractivity contribution >= 4 is 0 Å². The zero-order chi connectivity index (χ0) is 11.5. The van der Waals surface area contributed by atoms with Crippen LogP contribution in [0, 0.1) is 18.7 Å². The molecule has 2 heteroatoms. The Morgan fingerprint density at radius 1 is 1.44 bits per heavy atom. The number of nitrogens with one attached hydrogen (secondary N) is 1. The van der Waals surface area contributed by atoms with Crippen molar-refractivity contribution in [1.29, 1.82) is 0 Å². The quantitative estimate of drug-likeness (QED) is 0.801. The van der Waals surface area contributed by atoms with Gasteiger partial charge < -0.3 is 5.32 Å². The van der Waals surface area contributed by atoms with Crippen LogP contribution in [0.25, 0.3) is 0 Å². The van der Waals surface area contributed by atoms with E-state index in [4.69, 9.17) is 0 Å². The predicted octanol–water partition coefficient (Wildman–Crippen LogP) is 3.58. The van der Waals surface area contributed by atoms with E-state index >= 15 is 0 Å². The van der Waals surface area contributed by atoms with E-state index in [1.54, 1.807) is 6.07 Å². The molecule has 1 N–H and O–H groups in total. The van der Waals surface area contributed by atoms with E-state index in [9.17, 15) is 4.39 Å². The molecule has 1 nitrogen and oxygen atoms in total. The summed E-state index contributed by atoms with van der Waals surface area (Å²) in [7, 11) is 0. The van der Waals surface area contributed by atoms with Gasteiger partial charge in [0.15, 0.2) is 0 Å². The molecule has 1 fully saturated rings. The zero-order valence-electron chi connectivity index (χ0n) is 10.1. The molecule has 2 rings (SSSR count). The lowest BCUT2D eigenvalue weighted by Gasteiger charge is -2.19. The predicted molar refractivity (Wildman–Crippen MR) is 64.9 cm³/mol. The molecule has 0 saturated heterocycles. The summed E-state index contributed by atoms with van der Waals surface area (Å²) in [5, 5.41) is 3.47. The van der Waals surface area contributed by atoms with E-state index in [1.165, 1.54) is 12.8 Å². The van der Waals surface area contributed by atoms with Crippen molar-refractivity contribution < 1.29 is 4.39 Å². The van der Waals surface area contributed by atoms with Gasteiger partial charge in [0, 0.05) is 11.6 Å². The Morgan fingerprint density at radius 2 is 2.19 bits per heavy atom. The maximum Gasteiger partial charge on any atom is 0.128 e. The second-order valence-corrected chi connectivity index (χ2v) is 4.79. The zero-order valence-corrected chi connectivity index (χ0v) is 10.1. The third kappa shape index (κ3) is 2.62. The minimum atomic E-state index is -0.0551. The van der Waals surface area contributed by atoms with Crippen molar-refractivity contribution in [3.8, 4) is 0 Å². The number of aryl methyl sites for hydroxylation is 1. The van der Waals surface area contributed by atoms with Crippen molar-refractivity contribution in [1.82, 2.24) is 5.32 Å². The molecule has 0 aliphatic heterocycles. The summed E-state index contributed by atoms with van der Waals surface area (Å²) in [6.07, 6.45) is 3.56. The molecule has 0 radical (unpaired) electrons. The minimum absolute atomic E-state index is 0.0551. The molecule has 1 unspecified atom stereocenters. The maximum absolute atomic E-state index is 13.9. The highest BCUT2D eigenvalue weighted by Crippen LogP contribution is 2.41. The smallest absolute Gasteiger partial charge is 0.128 e. The van der Waals surface area contributed by atoms with E-state index in [0.717, 1.165) is 24.1 Å². The lowest BCUT2D eigenvalue weighted by molar-refractivity contribution is 0.457. The van der Waals surface area contributed by atoms with Gasteiger partial charge in [0.1, 0.15) is 5.82 Å². The molecule has 0 aromatic heterocycles. The molecule has 1 aromatic carbocycles. The Bertz CT molecular complexity index is 358. The van der Waals surface area contributed by atoms with Gasteiger partial charge in [0.2, 0.25) is 0 Å². The summed E-state index contributed by atoms with van der Waals surface area (Å²) in [5.41, 5.74) is 1.84. The average Bonchev–Trinajstić information content (AvgIpc) is 3.05. The molecule has 1 atom stereocenters. The Labute approximate surface area is 97.1 Å². The second kappa shape index (κ2) is 4.96. The highest BCUT2D eigenvalue weighted by molar-refractivity contribution is 5.27. The number of halogens is 1. The first kappa shape index (κ1) is 11.6. The van der Waals surface area contributed by atoms with E-state index in [-0.39, 0.29) is 11.9 Å². The molecule has 0 spiro atoms.